The second-order valence-electron chi connectivity index (χ2n) is 10.6. The number of aliphatic hydroxyl groups is 1. The number of amides is 2. The summed E-state index contributed by atoms with van der Waals surface area (Å²) >= 11 is 12.5. The van der Waals surface area contributed by atoms with Gasteiger partial charge < -0.3 is 24.7 Å². The molecule has 10 heteroatoms. The molecule has 196 valence electrons. The number of aliphatic hydroxyl groups excluding tert-OH is 1. The van der Waals surface area contributed by atoms with E-state index >= 15 is 0 Å². The van der Waals surface area contributed by atoms with Crippen molar-refractivity contribution in [3.05, 3.63) is 33.8 Å². The van der Waals surface area contributed by atoms with Gasteiger partial charge in [0.25, 0.3) is 0 Å². The number of benzene rings is 1. The molecule has 0 aromatic heterocycles. The molecular weight excluding hydrogens is 493 g/mol. The summed E-state index contributed by atoms with van der Waals surface area (Å²) < 4.78 is 6.62. The molecule has 2 aliphatic heterocycles. The third-order valence-electron chi connectivity index (χ3n) is 6.82. The smallest absolute Gasteiger partial charge is 0.407 e. The summed E-state index contributed by atoms with van der Waals surface area (Å²) in [4.78, 5) is 30.5. The number of hydrogen-bond donors (Lipinski definition) is 2. The highest BCUT2D eigenvalue weighted by Crippen LogP contribution is 2.38. The summed E-state index contributed by atoms with van der Waals surface area (Å²) in [6, 6.07) is 5.29. The van der Waals surface area contributed by atoms with Crippen LogP contribution in [0.1, 0.15) is 45.3 Å². The minimum Gasteiger partial charge on any atom is -0.465 e. The van der Waals surface area contributed by atoms with Gasteiger partial charge in [-0.05, 0) is 49.0 Å². The van der Waals surface area contributed by atoms with Crippen LogP contribution < -0.4 is 0 Å². The average molecular weight is 530 g/mol. The van der Waals surface area contributed by atoms with Crippen molar-refractivity contribution in [3.8, 4) is 0 Å². The average Bonchev–Trinajstić information content (AvgIpc) is 3.20. The lowest BCUT2D eigenvalue weighted by Crippen LogP contribution is -2.46. The van der Waals surface area contributed by atoms with E-state index in [1.165, 1.54) is 4.90 Å². The minimum atomic E-state index is -1.03. The quantitative estimate of drug-likeness (QED) is 0.554. The lowest BCUT2D eigenvalue weighted by molar-refractivity contribution is -0.135. The van der Waals surface area contributed by atoms with Crippen molar-refractivity contribution in [2.24, 2.45) is 11.3 Å². The van der Waals surface area contributed by atoms with Crippen LogP contribution in [0.5, 0.6) is 0 Å². The Bertz CT molecular complexity index is 888. The fourth-order valence-corrected chi connectivity index (χ4v) is 5.07. The van der Waals surface area contributed by atoms with E-state index in [1.807, 2.05) is 26.8 Å². The maximum atomic E-state index is 13.2. The zero-order chi connectivity index (χ0) is 25.8. The number of rotatable bonds is 7. The predicted molar refractivity (Wildman–Crippen MR) is 136 cm³/mol. The molecule has 1 aromatic carbocycles. The molecule has 3 rings (SSSR count). The van der Waals surface area contributed by atoms with Gasteiger partial charge >= 0.3 is 6.09 Å². The molecule has 8 nitrogen and oxygen atoms in total. The Morgan fingerprint density at radius 3 is 2.40 bits per heavy atom. The molecule has 2 amide bonds. The van der Waals surface area contributed by atoms with Gasteiger partial charge in [-0.2, -0.15) is 0 Å². The lowest BCUT2D eigenvalue weighted by atomic mass is 9.88. The molecule has 0 bridgehead atoms. The molecule has 2 heterocycles. The second-order valence-corrected chi connectivity index (χ2v) is 11.4. The summed E-state index contributed by atoms with van der Waals surface area (Å²) in [6.45, 7) is 8.76. The van der Waals surface area contributed by atoms with E-state index in [-0.39, 0.29) is 62.7 Å². The van der Waals surface area contributed by atoms with Crippen LogP contribution in [0.3, 0.4) is 0 Å². The van der Waals surface area contributed by atoms with Gasteiger partial charge in [0.15, 0.2) is 0 Å². The van der Waals surface area contributed by atoms with Crippen LogP contribution in [0.2, 0.25) is 10.0 Å². The van der Waals surface area contributed by atoms with Gasteiger partial charge in [-0.25, -0.2) is 4.79 Å². The fraction of sp³-hybridized carbons (Fsp3) is 0.680. The van der Waals surface area contributed by atoms with Gasteiger partial charge in [0.05, 0.1) is 41.9 Å². The maximum absolute atomic E-state index is 13.2. The number of nitrogens with zero attached hydrogens (tertiary/aromatic N) is 3. The minimum absolute atomic E-state index is 0.0765. The van der Waals surface area contributed by atoms with Crippen LogP contribution >= 0.6 is 23.2 Å². The molecule has 0 aliphatic carbocycles. The SMILES string of the molecule is CC(C)(C)C1CN(C(=O)O)C[C@@H](CN(CCO)C(=O)CN2CCCC2)[C@H](c2ccc(Cl)c(Cl)c2)O1. The number of likely N-dealkylation sites (tertiary alicyclic amines) is 1. The number of hydrogen-bond acceptors (Lipinski definition) is 5. The topological polar surface area (TPSA) is 93.6 Å². The van der Waals surface area contributed by atoms with Crippen molar-refractivity contribution in [1.82, 2.24) is 14.7 Å². The third-order valence-corrected chi connectivity index (χ3v) is 7.56. The molecule has 2 saturated heterocycles. The molecule has 0 spiro atoms. The van der Waals surface area contributed by atoms with E-state index in [9.17, 15) is 19.8 Å². The molecule has 1 unspecified atom stereocenters. The summed E-state index contributed by atoms with van der Waals surface area (Å²) in [5.74, 6) is -0.447. The molecule has 2 fully saturated rings. The number of halogens is 2. The molecule has 35 heavy (non-hydrogen) atoms. The fourth-order valence-electron chi connectivity index (χ4n) is 4.77. The first-order chi connectivity index (χ1) is 16.5. The van der Waals surface area contributed by atoms with E-state index in [0.717, 1.165) is 31.5 Å². The monoisotopic (exact) mass is 529 g/mol. The van der Waals surface area contributed by atoms with Gasteiger partial charge in [-0.15, -0.1) is 0 Å². The Morgan fingerprint density at radius 1 is 1.14 bits per heavy atom. The van der Waals surface area contributed by atoms with Gasteiger partial charge in [-0.3, -0.25) is 9.69 Å². The maximum Gasteiger partial charge on any atom is 0.407 e. The molecule has 2 N–H and O–H groups in total. The van der Waals surface area contributed by atoms with Gasteiger partial charge in [0.2, 0.25) is 5.91 Å². The van der Waals surface area contributed by atoms with Crippen LogP contribution in [0.4, 0.5) is 4.79 Å². The van der Waals surface area contributed by atoms with Crippen molar-refractivity contribution < 1.29 is 24.5 Å². The molecule has 3 atom stereocenters. The first kappa shape index (κ1) is 28.0. The van der Waals surface area contributed by atoms with E-state index in [2.05, 4.69) is 4.90 Å². The van der Waals surface area contributed by atoms with E-state index < -0.39 is 12.2 Å². The van der Waals surface area contributed by atoms with Crippen LogP contribution in [0.15, 0.2) is 18.2 Å². The Kier molecular flexibility index (Phi) is 9.68. The van der Waals surface area contributed by atoms with Crippen LogP contribution in [-0.4, -0.2) is 95.4 Å². The van der Waals surface area contributed by atoms with Crippen molar-refractivity contribution in [1.29, 1.82) is 0 Å². The van der Waals surface area contributed by atoms with Crippen molar-refractivity contribution in [2.45, 2.75) is 45.8 Å². The van der Waals surface area contributed by atoms with Crippen LogP contribution in [0, 0.1) is 11.3 Å². The Morgan fingerprint density at radius 2 is 1.83 bits per heavy atom. The third kappa shape index (κ3) is 7.46. The molecule has 1 aromatic rings. The summed E-state index contributed by atoms with van der Waals surface area (Å²) in [7, 11) is 0. The zero-order valence-electron chi connectivity index (χ0n) is 20.8. The van der Waals surface area contributed by atoms with Crippen LogP contribution in [-0.2, 0) is 9.53 Å². The molecular formula is C25H37Cl2N3O5. The van der Waals surface area contributed by atoms with Crippen molar-refractivity contribution >= 4 is 35.2 Å². The summed E-state index contributed by atoms with van der Waals surface area (Å²) in [5.41, 5.74) is 0.453. The Balaban J connectivity index is 1.95. The van der Waals surface area contributed by atoms with Crippen molar-refractivity contribution in [3.63, 3.8) is 0 Å². The molecule has 0 saturated carbocycles. The predicted octanol–water partition coefficient (Wildman–Crippen LogP) is 3.99. The number of carbonyl (C=O) groups excluding carboxylic acids is 1. The highest BCUT2D eigenvalue weighted by Gasteiger charge is 2.41. The number of carboxylic acid groups (broad SMARTS) is 1. The Labute approximate surface area is 217 Å². The van der Waals surface area contributed by atoms with E-state index in [1.54, 1.807) is 17.0 Å². The first-order valence-corrected chi connectivity index (χ1v) is 12.9. The highest BCUT2D eigenvalue weighted by molar-refractivity contribution is 6.42. The summed E-state index contributed by atoms with van der Waals surface area (Å²) in [6.07, 6.45) is 0.226. The summed E-state index contributed by atoms with van der Waals surface area (Å²) in [5, 5.41) is 20.4. The zero-order valence-corrected chi connectivity index (χ0v) is 22.3. The lowest BCUT2D eigenvalue weighted by Gasteiger charge is -2.35. The highest BCUT2D eigenvalue weighted by atomic mass is 35.5. The molecule has 0 radical (unpaired) electrons. The van der Waals surface area contributed by atoms with E-state index in [0.29, 0.717) is 10.0 Å². The van der Waals surface area contributed by atoms with Gasteiger partial charge in [0.1, 0.15) is 0 Å². The first-order valence-electron chi connectivity index (χ1n) is 12.2. The van der Waals surface area contributed by atoms with Gasteiger partial charge in [0, 0.05) is 25.6 Å². The molecule has 2 aliphatic rings. The largest absolute Gasteiger partial charge is 0.465 e. The van der Waals surface area contributed by atoms with Gasteiger partial charge in [-0.1, -0.05) is 50.0 Å². The van der Waals surface area contributed by atoms with E-state index in [4.69, 9.17) is 27.9 Å². The second kappa shape index (κ2) is 12.1. The normalized spacial score (nSPS) is 23.8. The Hall–Kier alpha value is -1.58. The standard InChI is InChI=1S/C25H37Cl2N3O5/c1-25(2,3)21-15-30(24(33)34)14-18(23(35-21)17-6-7-19(26)20(27)12-17)13-29(10-11-31)22(32)16-28-8-4-5-9-28/h6-7,12,18,21,23,31H,4-5,8-11,13-16H2,1-3H3,(H,33,34)/t18-,21?,23+/m1/s1. The number of carbonyl (C=O) groups is 2. The van der Waals surface area contributed by atoms with Crippen molar-refractivity contribution in [2.75, 3.05) is 52.4 Å². The number of ether oxygens (including phenoxy) is 1. The van der Waals surface area contributed by atoms with Crippen LogP contribution in [0.25, 0.3) is 0 Å².